The first kappa shape index (κ1) is 24.0. The highest BCUT2D eigenvalue weighted by Crippen LogP contribution is 2.33. The summed E-state index contributed by atoms with van der Waals surface area (Å²) in [4.78, 5) is 26.7. The standard InChI is InChI=1S/C25H27ClFN3O4/c1-15(31)28-23-12-22(26)24(33-2)9-16(23)3-8-25(32)30-20-10-19(11-21(30)14-34-13-20)29-18-6-4-17(27)5-7-18/h3-9,12,19-21,29H,10-11,13-14H2,1-2H3,(H,28,31)/t19?,20-,21+. The molecule has 2 aliphatic heterocycles. The van der Waals surface area contributed by atoms with Crippen LogP contribution in [0.4, 0.5) is 15.8 Å². The average molecular weight is 488 g/mol. The van der Waals surface area contributed by atoms with Gasteiger partial charge in [0, 0.05) is 36.0 Å². The Morgan fingerprint density at radius 3 is 2.47 bits per heavy atom. The van der Waals surface area contributed by atoms with Gasteiger partial charge < -0.3 is 25.0 Å². The van der Waals surface area contributed by atoms with Crippen LogP contribution < -0.4 is 15.4 Å². The quantitative estimate of drug-likeness (QED) is 0.593. The van der Waals surface area contributed by atoms with Gasteiger partial charge >= 0.3 is 0 Å². The molecule has 2 aromatic rings. The number of methoxy groups -OCH3 is 1. The van der Waals surface area contributed by atoms with E-state index in [0.29, 0.717) is 35.2 Å². The van der Waals surface area contributed by atoms with Crippen LogP contribution >= 0.6 is 11.6 Å². The van der Waals surface area contributed by atoms with E-state index in [0.717, 1.165) is 18.5 Å². The van der Waals surface area contributed by atoms with Gasteiger partial charge in [0.1, 0.15) is 11.6 Å². The normalized spacial score (nSPS) is 21.9. The van der Waals surface area contributed by atoms with Gasteiger partial charge in [-0.25, -0.2) is 4.39 Å². The Morgan fingerprint density at radius 2 is 1.85 bits per heavy atom. The molecule has 2 heterocycles. The molecule has 0 spiro atoms. The molecule has 0 aromatic heterocycles. The van der Waals surface area contributed by atoms with Gasteiger partial charge in [0.05, 0.1) is 37.4 Å². The molecule has 0 aliphatic carbocycles. The van der Waals surface area contributed by atoms with Crippen molar-refractivity contribution in [1.29, 1.82) is 0 Å². The molecule has 0 saturated carbocycles. The number of anilines is 2. The van der Waals surface area contributed by atoms with Crippen LogP contribution in [-0.4, -0.2) is 55.2 Å². The number of nitrogens with zero attached hydrogens (tertiary/aromatic N) is 1. The van der Waals surface area contributed by atoms with Crippen molar-refractivity contribution in [1.82, 2.24) is 4.90 Å². The van der Waals surface area contributed by atoms with Gasteiger partial charge in [0.2, 0.25) is 11.8 Å². The van der Waals surface area contributed by atoms with Gasteiger partial charge in [-0.1, -0.05) is 11.6 Å². The highest BCUT2D eigenvalue weighted by atomic mass is 35.5. The second kappa shape index (κ2) is 10.4. The highest BCUT2D eigenvalue weighted by Gasteiger charge is 2.40. The minimum absolute atomic E-state index is 0.0721. The van der Waals surface area contributed by atoms with Crippen LogP contribution in [0.25, 0.3) is 6.08 Å². The average Bonchev–Trinajstić information content (AvgIpc) is 2.79. The van der Waals surface area contributed by atoms with Crippen LogP contribution in [0.15, 0.2) is 42.5 Å². The fraction of sp³-hybridized carbons (Fsp3) is 0.360. The van der Waals surface area contributed by atoms with Gasteiger partial charge in [-0.15, -0.1) is 0 Å². The molecule has 0 radical (unpaired) electrons. The molecule has 2 fully saturated rings. The van der Waals surface area contributed by atoms with Crippen LogP contribution in [0.2, 0.25) is 5.02 Å². The van der Waals surface area contributed by atoms with Crippen LogP contribution in [0.1, 0.15) is 25.3 Å². The predicted octanol–water partition coefficient (Wildman–Crippen LogP) is 4.33. The number of ether oxygens (including phenoxy) is 2. The van der Waals surface area contributed by atoms with E-state index in [4.69, 9.17) is 21.1 Å². The van der Waals surface area contributed by atoms with E-state index in [-0.39, 0.29) is 35.8 Å². The van der Waals surface area contributed by atoms with E-state index in [9.17, 15) is 14.0 Å². The lowest BCUT2D eigenvalue weighted by Gasteiger charge is -2.48. The monoisotopic (exact) mass is 487 g/mol. The molecule has 2 aliphatic rings. The first-order valence-electron chi connectivity index (χ1n) is 11.1. The number of fused-ring (bicyclic) bond motifs is 2. The molecule has 7 nitrogen and oxygen atoms in total. The summed E-state index contributed by atoms with van der Waals surface area (Å²) in [6.45, 7) is 2.33. The Hall–Kier alpha value is -3.10. The number of hydrogen-bond acceptors (Lipinski definition) is 5. The molecule has 2 N–H and O–H groups in total. The third-order valence-electron chi connectivity index (χ3n) is 6.03. The topological polar surface area (TPSA) is 79.9 Å². The van der Waals surface area contributed by atoms with Crippen molar-refractivity contribution in [3.05, 3.63) is 58.9 Å². The zero-order chi connectivity index (χ0) is 24.2. The lowest BCUT2D eigenvalue weighted by atomic mass is 9.89. The van der Waals surface area contributed by atoms with Crippen LogP contribution in [0, 0.1) is 5.82 Å². The third-order valence-corrected chi connectivity index (χ3v) is 6.33. The van der Waals surface area contributed by atoms with Gasteiger partial charge in [-0.05, 0) is 55.3 Å². The minimum atomic E-state index is -0.275. The Labute approximate surface area is 202 Å². The first-order chi connectivity index (χ1) is 16.3. The number of morpholine rings is 1. The number of rotatable bonds is 6. The smallest absolute Gasteiger partial charge is 0.247 e. The van der Waals surface area contributed by atoms with Crippen LogP contribution in [-0.2, 0) is 14.3 Å². The van der Waals surface area contributed by atoms with Gasteiger partial charge in [-0.2, -0.15) is 0 Å². The maximum atomic E-state index is 13.2. The fourth-order valence-corrected chi connectivity index (χ4v) is 4.82. The lowest BCUT2D eigenvalue weighted by Crippen LogP contribution is -2.60. The Balaban J connectivity index is 1.49. The van der Waals surface area contributed by atoms with Crippen LogP contribution in [0.3, 0.4) is 0 Å². The maximum absolute atomic E-state index is 13.2. The van der Waals surface area contributed by atoms with Crippen molar-refractivity contribution >= 4 is 40.9 Å². The van der Waals surface area contributed by atoms with Crippen molar-refractivity contribution < 1.29 is 23.5 Å². The zero-order valence-corrected chi connectivity index (χ0v) is 19.8. The summed E-state index contributed by atoms with van der Waals surface area (Å²) < 4.78 is 24.2. The molecule has 2 bridgehead atoms. The zero-order valence-electron chi connectivity index (χ0n) is 19.0. The maximum Gasteiger partial charge on any atom is 0.247 e. The van der Waals surface area contributed by atoms with E-state index in [2.05, 4.69) is 10.6 Å². The second-order valence-corrected chi connectivity index (χ2v) is 8.91. The largest absolute Gasteiger partial charge is 0.495 e. The van der Waals surface area contributed by atoms with E-state index >= 15 is 0 Å². The van der Waals surface area contributed by atoms with Crippen molar-refractivity contribution in [3.63, 3.8) is 0 Å². The lowest BCUT2D eigenvalue weighted by molar-refractivity contribution is -0.145. The number of hydrogen-bond donors (Lipinski definition) is 2. The second-order valence-electron chi connectivity index (χ2n) is 8.50. The summed E-state index contributed by atoms with van der Waals surface area (Å²) in [5, 5.41) is 6.55. The van der Waals surface area contributed by atoms with Gasteiger partial charge in [0.15, 0.2) is 0 Å². The first-order valence-corrected chi connectivity index (χ1v) is 11.5. The Bertz CT molecular complexity index is 1080. The SMILES string of the molecule is COc1cc(C=CC(=O)N2[C@@H]3COC[C@H]2CC(Nc2ccc(F)cc2)C3)c(NC(C)=O)cc1Cl. The minimum Gasteiger partial charge on any atom is -0.495 e. The van der Waals surface area contributed by atoms with Crippen LogP contribution in [0.5, 0.6) is 5.75 Å². The predicted molar refractivity (Wildman–Crippen MR) is 130 cm³/mol. The summed E-state index contributed by atoms with van der Waals surface area (Å²) in [5.74, 6) is -0.199. The van der Waals surface area contributed by atoms with E-state index < -0.39 is 0 Å². The summed E-state index contributed by atoms with van der Waals surface area (Å²) in [5.41, 5.74) is 1.96. The number of carbonyl (C=O) groups is 2. The fourth-order valence-electron chi connectivity index (χ4n) is 4.58. The van der Waals surface area contributed by atoms with Gasteiger partial charge in [-0.3, -0.25) is 9.59 Å². The molecule has 180 valence electrons. The molecule has 1 unspecified atom stereocenters. The Morgan fingerprint density at radius 1 is 1.18 bits per heavy atom. The van der Waals surface area contributed by atoms with Gasteiger partial charge in [0.25, 0.3) is 0 Å². The molecule has 2 aromatic carbocycles. The molecule has 4 rings (SSSR count). The highest BCUT2D eigenvalue weighted by molar-refractivity contribution is 6.32. The van der Waals surface area contributed by atoms with Crippen molar-refractivity contribution in [2.45, 2.75) is 37.9 Å². The van der Waals surface area contributed by atoms with E-state index in [1.807, 2.05) is 4.90 Å². The van der Waals surface area contributed by atoms with Crippen molar-refractivity contribution in [2.24, 2.45) is 0 Å². The molecule has 34 heavy (non-hydrogen) atoms. The van der Waals surface area contributed by atoms with Crippen molar-refractivity contribution in [3.8, 4) is 5.75 Å². The summed E-state index contributed by atoms with van der Waals surface area (Å²) >= 11 is 6.20. The number of halogens is 2. The number of amides is 2. The van der Waals surface area contributed by atoms with E-state index in [1.54, 1.807) is 30.3 Å². The number of benzene rings is 2. The van der Waals surface area contributed by atoms with Crippen molar-refractivity contribution in [2.75, 3.05) is 31.0 Å². The Kier molecular flexibility index (Phi) is 7.38. The van der Waals surface area contributed by atoms with E-state index in [1.165, 1.54) is 32.2 Å². The number of nitrogens with one attached hydrogen (secondary N) is 2. The summed E-state index contributed by atoms with van der Waals surface area (Å²) in [7, 11) is 1.50. The third kappa shape index (κ3) is 5.51. The molecular formula is C25H27ClFN3O4. The molecule has 3 atom stereocenters. The number of piperidine rings is 1. The summed E-state index contributed by atoms with van der Waals surface area (Å²) in [6.07, 6.45) is 4.61. The number of carbonyl (C=O) groups excluding carboxylic acids is 2. The molecule has 2 saturated heterocycles. The molecule has 9 heteroatoms. The molecule has 2 amide bonds. The molecular weight excluding hydrogens is 461 g/mol. The summed E-state index contributed by atoms with van der Waals surface area (Å²) in [6, 6.07) is 9.58.